The Morgan fingerprint density at radius 2 is 2.15 bits per heavy atom. The lowest BCUT2D eigenvalue weighted by Gasteiger charge is -2.14. The van der Waals surface area contributed by atoms with Crippen LogP contribution < -0.4 is 9.47 Å². The molecule has 1 aromatic heterocycles. The summed E-state index contributed by atoms with van der Waals surface area (Å²) in [7, 11) is 1.81. The number of aryl methyl sites for hydroxylation is 1. The third-order valence-electron chi connectivity index (χ3n) is 2.54. The van der Waals surface area contributed by atoms with Crippen molar-refractivity contribution in [2.24, 2.45) is 7.05 Å². The van der Waals surface area contributed by atoms with Crippen LogP contribution in [-0.4, -0.2) is 21.6 Å². The normalized spacial score (nSPS) is 10.6. The summed E-state index contributed by atoms with van der Waals surface area (Å²) in [4.78, 5) is 0. The van der Waals surface area contributed by atoms with Crippen molar-refractivity contribution in [2.45, 2.75) is 19.4 Å². The van der Waals surface area contributed by atoms with E-state index in [2.05, 4.69) is 26.2 Å². The number of ether oxygens (including phenoxy) is 2. The molecule has 0 bridgehead atoms. The van der Waals surface area contributed by atoms with E-state index in [0.717, 1.165) is 15.7 Å². The molecule has 0 atom stereocenters. The zero-order valence-electron chi connectivity index (χ0n) is 11.3. The van der Waals surface area contributed by atoms with Gasteiger partial charge in [-0.1, -0.05) is 5.21 Å². The molecule has 5 nitrogen and oxygen atoms in total. The first kappa shape index (κ1) is 15.1. The highest BCUT2D eigenvalue weighted by molar-refractivity contribution is 9.10. The van der Waals surface area contributed by atoms with Gasteiger partial charge in [-0.25, -0.2) is 0 Å². The molecule has 2 rings (SSSR count). The monoisotopic (exact) mass is 359 g/mol. The standard InChI is InChI=1S/C13H15BrClN3O2/c1-3-19-12-5-9(6-15)4-11(14)13(12)20-8-10-7-18(2)17-16-10/h4-5,7H,3,6,8H2,1-2H3. The molecule has 0 saturated heterocycles. The number of alkyl halides is 1. The maximum absolute atomic E-state index is 5.86. The number of benzene rings is 1. The third kappa shape index (κ3) is 3.64. The molecule has 0 N–H and O–H groups in total. The van der Waals surface area contributed by atoms with Crippen molar-refractivity contribution in [1.29, 1.82) is 0 Å². The van der Waals surface area contributed by atoms with Crippen molar-refractivity contribution in [2.75, 3.05) is 6.61 Å². The Morgan fingerprint density at radius 3 is 2.75 bits per heavy atom. The fraction of sp³-hybridized carbons (Fsp3) is 0.385. The number of aromatic nitrogens is 3. The molecule has 2 aromatic rings. The van der Waals surface area contributed by atoms with Crippen LogP contribution in [0.3, 0.4) is 0 Å². The molecule has 20 heavy (non-hydrogen) atoms. The fourth-order valence-electron chi connectivity index (χ4n) is 1.71. The van der Waals surface area contributed by atoms with Gasteiger partial charge in [0.1, 0.15) is 12.3 Å². The van der Waals surface area contributed by atoms with Crippen molar-refractivity contribution in [3.8, 4) is 11.5 Å². The lowest BCUT2D eigenvalue weighted by Crippen LogP contribution is -2.01. The second-order valence-electron chi connectivity index (χ2n) is 4.14. The molecule has 0 aliphatic carbocycles. The summed E-state index contributed by atoms with van der Waals surface area (Å²) in [6.45, 7) is 2.81. The first-order valence-electron chi connectivity index (χ1n) is 6.13. The van der Waals surface area contributed by atoms with Gasteiger partial charge in [0, 0.05) is 12.9 Å². The van der Waals surface area contributed by atoms with E-state index >= 15 is 0 Å². The molecular weight excluding hydrogens is 346 g/mol. The Labute approximate surface area is 131 Å². The first-order valence-corrected chi connectivity index (χ1v) is 7.46. The molecule has 0 aliphatic heterocycles. The van der Waals surface area contributed by atoms with Crippen LogP contribution in [0, 0.1) is 0 Å². The highest BCUT2D eigenvalue weighted by atomic mass is 79.9. The quantitative estimate of drug-likeness (QED) is 0.742. The molecule has 1 aromatic carbocycles. The van der Waals surface area contributed by atoms with Crippen LogP contribution in [0.25, 0.3) is 0 Å². The van der Waals surface area contributed by atoms with Gasteiger partial charge in [-0.05, 0) is 40.5 Å². The minimum absolute atomic E-state index is 0.326. The Balaban J connectivity index is 2.20. The summed E-state index contributed by atoms with van der Waals surface area (Å²) in [6, 6.07) is 3.80. The Hall–Kier alpha value is -1.27. The predicted molar refractivity (Wildman–Crippen MR) is 80.2 cm³/mol. The highest BCUT2D eigenvalue weighted by Gasteiger charge is 2.13. The van der Waals surface area contributed by atoms with Gasteiger partial charge < -0.3 is 9.47 Å². The highest BCUT2D eigenvalue weighted by Crippen LogP contribution is 2.37. The summed E-state index contributed by atoms with van der Waals surface area (Å²) >= 11 is 9.34. The van der Waals surface area contributed by atoms with Gasteiger partial charge >= 0.3 is 0 Å². The van der Waals surface area contributed by atoms with Gasteiger partial charge in [0.2, 0.25) is 0 Å². The molecule has 0 spiro atoms. The van der Waals surface area contributed by atoms with Crippen LogP contribution in [0.4, 0.5) is 0 Å². The maximum atomic E-state index is 5.86. The molecule has 0 saturated carbocycles. The number of hydrogen-bond acceptors (Lipinski definition) is 4. The van der Waals surface area contributed by atoms with E-state index in [1.54, 1.807) is 10.9 Å². The van der Waals surface area contributed by atoms with E-state index in [9.17, 15) is 0 Å². The summed E-state index contributed by atoms with van der Waals surface area (Å²) in [6.07, 6.45) is 1.81. The van der Waals surface area contributed by atoms with Crippen LogP contribution >= 0.6 is 27.5 Å². The Morgan fingerprint density at radius 1 is 1.35 bits per heavy atom. The van der Waals surface area contributed by atoms with Crippen molar-refractivity contribution in [3.63, 3.8) is 0 Å². The minimum Gasteiger partial charge on any atom is -0.490 e. The van der Waals surface area contributed by atoms with Crippen LogP contribution in [-0.2, 0) is 19.5 Å². The largest absolute Gasteiger partial charge is 0.490 e. The van der Waals surface area contributed by atoms with Crippen LogP contribution in [0.1, 0.15) is 18.2 Å². The summed E-state index contributed by atoms with van der Waals surface area (Å²) in [5, 5.41) is 7.84. The van der Waals surface area contributed by atoms with Gasteiger partial charge in [-0.3, -0.25) is 4.68 Å². The number of halogens is 2. The summed E-state index contributed by atoms with van der Waals surface area (Å²) in [5.74, 6) is 1.73. The molecule has 7 heteroatoms. The van der Waals surface area contributed by atoms with E-state index in [0.29, 0.717) is 30.6 Å². The van der Waals surface area contributed by atoms with Crippen molar-refractivity contribution < 1.29 is 9.47 Å². The molecular formula is C13H15BrClN3O2. The average molecular weight is 361 g/mol. The van der Waals surface area contributed by atoms with Gasteiger partial charge in [0.05, 0.1) is 17.3 Å². The zero-order chi connectivity index (χ0) is 14.5. The molecule has 108 valence electrons. The van der Waals surface area contributed by atoms with Crippen molar-refractivity contribution >= 4 is 27.5 Å². The number of rotatable bonds is 6. The van der Waals surface area contributed by atoms with Gasteiger partial charge in [-0.2, -0.15) is 0 Å². The summed E-state index contributed by atoms with van der Waals surface area (Å²) in [5.41, 5.74) is 1.72. The summed E-state index contributed by atoms with van der Waals surface area (Å²) < 4.78 is 13.8. The van der Waals surface area contributed by atoms with E-state index in [-0.39, 0.29) is 0 Å². The zero-order valence-corrected chi connectivity index (χ0v) is 13.6. The number of nitrogens with zero attached hydrogens (tertiary/aromatic N) is 3. The van der Waals surface area contributed by atoms with E-state index < -0.39 is 0 Å². The molecule has 0 amide bonds. The SMILES string of the molecule is CCOc1cc(CCl)cc(Br)c1OCc1cn(C)nn1. The van der Waals surface area contributed by atoms with E-state index in [1.807, 2.05) is 26.1 Å². The smallest absolute Gasteiger partial charge is 0.175 e. The lowest BCUT2D eigenvalue weighted by atomic mass is 10.2. The Kier molecular flexibility index (Phi) is 5.25. The van der Waals surface area contributed by atoms with E-state index in [1.165, 1.54) is 0 Å². The molecule has 0 fully saturated rings. The minimum atomic E-state index is 0.326. The lowest BCUT2D eigenvalue weighted by molar-refractivity contribution is 0.264. The third-order valence-corrected chi connectivity index (χ3v) is 3.44. The topological polar surface area (TPSA) is 49.2 Å². The van der Waals surface area contributed by atoms with Crippen LogP contribution in [0.15, 0.2) is 22.8 Å². The molecule has 0 unspecified atom stereocenters. The van der Waals surface area contributed by atoms with Gasteiger partial charge in [0.15, 0.2) is 11.5 Å². The number of hydrogen-bond donors (Lipinski definition) is 0. The van der Waals surface area contributed by atoms with Crippen molar-refractivity contribution in [1.82, 2.24) is 15.0 Å². The predicted octanol–water partition coefficient (Wildman–Crippen LogP) is 3.29. The van der Waals surface area contributed by atoms with Gasteiger partial charge in [0.25, 0.3) is 0 Å². The van der Waals surface area contributed by atoms with E-state index in [4.69, 9.17) is 21.1 Å². The maximum Gasteiger partial charge on any atom is 0.175 e. The Bertz CT molecular complexity index is 589. The fourth-order valence-corrected chi connectivity index (χ4v) is 2.47. The van der Waals surface area contributed by atoms with Crippen molar-refractivity contribution in [3.05, 3.63) is 34.1 Å². The second kappa shape index (κ2) is 6.95. The first-order chi connectivity index (χ1) is 9.63. The molecule has 1 heterocycles. The van der Waals surface area contributed by atoms with Crippen LogP contribution in [0.5, 0.6) is 11.5 Å². The molecule has 0 aliphatic rings. The average Bonchev–Trinajstić information content (AvgIpc) is 2.83. The van der Waals surface area contributed by atoms with Gasteiger partial charge in [-0.15, -0.1) is 16.7 Å². The van der Waals surface area contributed by atoms with Crippen LogP contribution in [0.2, 0.25) is 0 Å². The second-order valence-corrected chi connectivity index (χ2v) is 5.27. The molecule has 0 radical (unpaired) electrons.